The van der Waals surface area contributed by atoms with Gasteiger partial charge in [-0.2, -0.15) is 0 Å². The molecule has 184 valence electrons. The Morgan fingerprint density at radius 3 is 2.46 bits per heavy atom. The number of anilines is 4. The van der Waals surface area contributed by atoms with E-state index in [1.165, 1.54) is 6.26 Å². The van der Waals surface area contributed by atoms with Crippen molar-refractivity contribution in [2.45, 2.75) is 43.5 Å². The molecule has 0 unspecified atom stereocenters. The van der Waals surface area contributed by atoms with Crippen molar-refractivity contribution in [3.8, 4) is 0 Å². The number of nitrogens with zero attached hydrogens (tertiary/aromatic N) is 7. The van der Waals surface area contributed by atoms with Gasteiger partial charge in [0, 0.05) is 63.1 Å². The summed E-state index contributed by atoms with van der Waals surface area (Å²) >= 11 is 0. The number of aromatic nitrogens is 4. The van der Waals surface area contributed by atoms with Crippen LogP contribution in [0.1, 0.15) is 30.9 Å². The highest BCUT2D eigenvalue weighted by molar-refractivity contribution is 7.90. The van der Waals surface area contributed by atoms with E-state index in [0.29, 0.717) is 10.9 Å². The predicted molar refractivity (Wildman–Crippen MR) is 137 cm³/mol. The second-order valence-corrected chi connectivity index (χ2v) is 11.3. The molecular weight excluding hydrogens is 462 g/mol. The summed E-state index contributed by atoms with van der Waals surface area (Å²) < 4.78 is 23.9. The summed E-state index contributed by atoms with van der Waals surface area (Å²) in [5.74, 6) is 2.52. The average Bonchev–Trinajstić information content (AvgIpc) is 3.31. The lowest BCUT2D eigenvalue weighted by Crippen LogP contribution is -2.44. The van der Waals surface area contributed by atoms with E-state index in [4.69, 9.17) is 0 Å². The van der Waals surface area contributed by atoms with Crippen LogP contribution in [0, 0.1) is 0 Å². The van der Waals surface area contributed by atoms with Crippen LogP contribution in [-0.2, 0) is 22.7 Å². The maximum absolute atomic E-state index is 11.9. The van der Waals surface area contributed by atoms with Crippen molar-refractivity contribution in [1.82, 2.24) is 19.9 Å². The lowest BCUT2D eigenvalue weighted by Gasteiger charge is -2.37. The Morgan fingerprint density at radius 2 is 1.77 bits per heavy atom. The van der Waals surface area contributed by atoms with E-state index >= 15 is 0 Å². The molecule has 0 saturated carbocycles. The lowest BCUT2D eigenvalue weighted by molar-refractivity contribution is 0.475. The van der Waals surface area contributed by atoms with E-state index in [9.17, 15) is 8.42 Å². The van der Waals surface area contributed by atoms with E-state index in [1.807, 2.05) is 24.5 Å². The predicted octanol–water partition coefficient (Wildman–Crippen LogP) is 3.03. The van der Waals surface area contributed by atoms with E-state index in [0.717, 1.165) is 79.7 Å². The number of piperidine rings is 1. The summed E-state index contributed by atoms with van der Waals surface area (Å²) in [5, 5.41) is 0. The van der Waals surface area contributed by atoms with Crippen LogP contribution in [-0.4, -0.2) is 67.3 Å². The summed E-state index contributed by atoms with van der Waals surface area (Å²) in [7, 11) is -1.13. The molecule has 1 aromatic carbocycles. The van der Waals surface area contributed by atoms with Crippen LogP contribution in [0.2, 0.25) is 0 Å². The molecule has 9 nitrogen and oxygen atoms in total. The molecular formula is C25H31N7O2S. The molecule has 0 atom stereocenters. The van der Waals surface area contributed by atoms with Gasteiger partial charge in [-0.25, -0.2) is 28.4 Å². The van der Waals surface area contributed by atoms with Gasteiger partial charge in [-0.15, -0.1) is 0 Å². The zero-order valence-corrected chi connectivity index (χ0v) is 21.2. The van der Waals surface area contributed by atoms with Gasteiger partial charge in [0.25, 0.3) is 0 Å². The standard InChI is InChI=1S/C25H31N7O2S/c1-4-18-15-26-25(27-16-18)31-10-8-20(9-11-31)30(2)23-14-24(29-17-28-23)32-12-7-19-13-21(35(3,33)34)5-6-22(19)32/h5-6,13-17,20H,4,7-12H2,1-3H3. The number of rotatable bonds is 6. The van der Waals surface area contributed by atoms with Gasteiger partial charge in [0.05, 0.1) is 4.90 Å². The Kier molecular flexibility index (Phi) is 6.31. The fourth-order valence-electron chi connectivity index (χ4n) is 4.86. The molecule has 2 aromatic heterocycles. The molecule has 0 N–H and O–H groups in total. The van der Waals surface area contributed by atoms with Gasteiger partial charge in [0.2, 0.25) is 5.95 Å². The number of hydrogen-bond acceptors (Lipinski definition) is 9. The largest absolute Gasteiger partial charge is 0.356 e. The third kappa shape index (κ3) is 4.80. The van der Waals surface area contributed by atoms with Gasteiger partial charge in [0.15, 0.2) is 9.84 Å². The molecule has 10 heteroatoms. The monoisotopic (exact) mass is 493 g/mol. The lowest BCUT2D eigenvalue weighted by atomic mass is 10.0. The van der Waals surface area contributed by atoms with E-state index in [1.54, 1.807) is 18.5 Å². The Morgan fingerprint density at radius 1 is 1.03 bits per heavy atom. The van der Waals surface area contributed by atoms with Crippen LogP contribution in [0.5, 0.6) is 0 Å². The fourth-order valence-corrected chi connectivity index (χ4v) is 5.53. The summed E-state index contributed by atoms with van der Waals surface area (Å²) in [5.41, 5.74) is 3.19. The van der Waals surface area contributed by atoms with E-state index in [2.05, 4.69) is 48.6 Å². The molecule has 0 bridgehead atoms. The van der Waals surface area contributed by atoms with Crippen LogP contribution in [0.25, 0.3) is 0 Å². The molecule has 3 aromatic rings. The SMILES string of the molecule is CCc1cnc(N2CCC(N(C)c3cc(N4CCc5cc(S(C)(=O)=O)ccc54)ncn3)CC2)nc1. The Labute approximate surface area is 206 Å². The minimum atomic E-state index is -3.22. The van der Waals surface area contributed by atoms with Crippen LogP contribution in [0.4, 0.5) is 23.3 Å². The highest BCUT2D eigenvalue weighted by atomic mass is 32.2. The third-order valence-electron chi connectivity index (χ3n) is 7.05. The van der Waals surface area contributed by atoms with Gasteiger partial charge in [-0.3, -0.25) is 0 Å². The summed E-state index contributed by atoms with van der Waals surface area (Å²) in [6, 6.07) is 7.74. The van der Waals surface area contributed by atoms with Crippen molar-refractivity contribution in [3.63, 3.8) is 0 Å². The first-order chi connectivity index (χ1) is 16.8. The maximum Gasteiger partial charge on any atom is 0.225 e. The first-order valence-corrected chi connectivity index (χ1v) is 13.9. The molecule has 0 radical (unpaired) electrons. The van der Waals surface area contributed by atoms with Gasteiger partial charge in [-0.1, -0.05) is 6.92 Å². The van der Waals surface area contributed by atoms with Crippen molar-refractivity contribution in [1.29, 1.82) is 0 Å². The van der Waals surface area contributed by atoms with Crippen molar-refractivity contribution in [3.05, 3.63) is 54.1 Å². The van der Waals surface area contributed by atoms with Crippen LogP contribution < -0.4 is 14.7 Å². The summed E-state index contributed by atoms with van der Waals surface area (Å²) in [6.07, 6.45) is 10.4. The highest BCUT2D eigenvalue weighted by Gasteiger charge is 2.27. The zero-order valence-electron chi connectivity index (χ0n) is 20.4. The second kappa shape index (κ2) is 9.41. The average molecular weight is 494 g/mol. The molecule has 2 aliphatic rings. The zero-order chi connectivity index (χ0) is 24.6. The molecule has 0 amide bonds. The normalized spacial score (nSPS) is 16.4. The number of sulfone groups is 1. The topological polar surface area (TPSA) is 95.4 Å². The number of aryl methyl sites for hydroxylation is 1. The second-order valence-electron chi connectivity index (χ2n) is 9.27. The minimum Gasteiger partial charge on any atom is -0.356 e. The number of hydrogen-bond donors (Lipinski definition) is 0. The van der Waals surface area contributed by atoms with Crippen molar-refractivity contribution in [2.75, 3.05) is 47.6 Å². The van der Waals surface area contributed by atoms with Crippen LogP contribution in [0.3, 0.4) is 0 Å². The Hall–Kier alpha value is -3.27. The van der Waals surface area contributed by atoms with Gasteiger partial charge in [0.1, 0.15) is 18.0 Å². The first-order valence-electron chi connectivity index (χ1n) is 12.0. The third-order valence-corrected chi connectivity index (χ3v) is 8.16. The highest BCUT2D eigenvalue weighted by Crippen LogP contribution is 2.36. The molecule has 0 spiro atoms. The summed E-state index contributed by atoms with van der Waals surface area (Å²) in [6.45, 7) is 4.68. The molecule has 1 saturated heterocycles. The van der Waals surface area contributed by atoms with Crippen LogP contribution in [0.15, 0.2) is 47.9 Å². The first kappa shape index (κ1) is 23.5. The van der Waals surface area contributed by atoms with E-state index in [-0.39, 0.29) is 0 Å². The number of fused-ring (bicyclic) bond motifs is 1. The van der Waals surface area contributed by atoms with Crippen LogP contribution >= 0.6 is 0 Å². The molecule has 0 aliphatic carbocycles. The van der Waals surface area contributed by atoms with Gasteiger partial charge in [-0.05, 0) is 55.0 Å². The quantitative estimate of drug-likeness (QED) is 0.513. The smallest absolute Gasteiger partial charge is 0.225 e. The molecule has 35 heavy (non-hydrogen) atoms. The van der Waals surface area contributed by atoms with Crippen molar-refractivity contribution < 1.29 is 8.42 Å². The van der Waals surface area contributed by atoms with Crippen molar-refractivity contribution >= 4 is 33.1 Å². The van der Waals surface area contributed by atoms with Gasteiger partial charge < -0.3 is 14.7 Å². The molecule has 1 fully saturated rings. The Balaban J connectivity index is 1.28. The minimum absolute atomic E-state index is 0.360. The van der Waals surface area contributed by atoms with Gasteiger partial charge >= 0.3 is 0 Å². The fraction of sp³-hybridized carbons (Fsp3) is 0.440. The maximum atomic E-state index is 11.9. The molecule has 5 rings (SSSR count). The molecule has 4 heterocycles. The summed E-state index contributed by atoms with van der Waals surface area (Å²) in [4.78, 5) is 25.2. The Bertz CT molecular complexity index is 1310. The van der Waals surface area contributed by atoms with Crippen molar-refractivity contribution in [2.24, 2.45) is 0 Å². The molecule has 2 aliphatic heterocycles. The van der Waals surface area contributed by atoms with E-state index < -0.39 is 9.84 Å². The number of benzene rings is 1.